The molecule has 0 amide bonds. The summed E-state index contributed by atoms with van der Waals surface area (Å²) in [5, 5.41) is 6.63. The minimum absolute atomic E-state index is 0.375. The first kappa shape index (κ1) is 15.5. The Morgan fingerprint density at radius 3 is 2.71 bits per heavy atom. The summed E-state index contributed by atoms with van der Waals surface area (Å²) in [6.07, 6.45) is 5.28. The molecule has 0 aliphatic carbocycles. The number of nitrogens with zero attached hydrogens (tertiary/aromatic N) is 3. The van der Waals surface area contributed by atoms with Gasteiger partial charge in [0.1, 0.15) is 5.52 Å². The molecule has 21 heavy (non-hydrogen) atoms. The number of aromatic amines is 1. The van der Waals surface area contributed by atoms with Gasteiger partial charge in [-0.05, 0) is 26.2 Å². The van der Waals surface area contributed by atoms with Gasteiger partial charge in [0, 0.05) is 12.6 Å². The summed E-state index contributed by atoms with van der Waals surface area (Å²) in [6, 6.07) is 0.375. The summed E-state index contributed by atoms with van der Waals surface area (Å²) < 4.78 is 0. The molecule has 116 valence electrons. The molecular weight excluding hydrogens is 264 g/mol. The zero-order valence-corrected chi connectivity index (χ0v) is 13.4. The minimum Gasteiger partial charge on any atom is -0.366 e. The highest BCUT2D eigenvalue weighted by Crippen LogP contribution is 2.20. The molecule has 0 bridgehead atoms. The minimum atomic E-state index is 0.375. The van der Waals surface area contributed by atoms with Gasteiger partial charge in [-0.3, -0.25) is 0 Å². The highest BCUT2D eigenvalue weighted by atomic mass is 15.2. The lowest BCUT2D eigenvalue weighted by Gasteiger charge is -2.16. The molecule has 0 fully saturated rings. The normalized spacial score (nSPS) is 12.8. The number of hydrogen-bond donors (Lipinski definition) is 3. The molecule has 0 saturated carbocycles. The van der Waals surface area contributed by atoms with E-state index >= 15 is 0 Å². The van der Waals surface area contributed by atoms with Crippen molar-refractivity contribution in [2.24, 2.45) is 5.92 Å². The summed E-state index contributed by atoms with van der Waals surface area (Å²) in [5.41, 5.74) is 1.56. The van der Waals surface area contributed by atoms with Crippen LogP contribution in [0.3, 0.4) is 0 Å². The van der Waals surface area contributed by atoms with Crippen molar-refractivity contribution in [3.8, 4) is 0 Å². The summed E-state index contributed by atoms with van der Waals surface area (Å²) >= 11 is 0. The molecule has 1 atom stereocenters. The average Bonchev–Trinajstić information content (AvgIpc) is 2.87. The predicted octanol–water partition coefficient (Wildman–Crippen LogP) is 3.41. The smallest absolute Gasteiger partial charge is 0.226 e. The number of rotatable bonds is 8. The topological polar surface area (TPSA) is 78.5 Å². The quantitative estimate of drug-likeness (QED) is 0.694. The van der Waals surface area contributed by atoms with Crippen molar-refractivity contribution in [3.63, 3.8) is 0 Å². The fraction of sp³-hybridized carbons (Fsp3) is 0.667. The van der Waals surface area contributed by atoms with Gasteiger partial charge < -0.3 is 15.6 Å². The largest absolute Gasteiger partial charge is 0.366 e. The predicted molar refractivity (Wildman–Crippen MR) is 87.6 cm³/mol. The van der Waals surface area contributed by atoms with E-state index in [1.807, 2.05) is 6.92 Å². The molecule has 0 aromatic carbocycles. The molecule has 0 spiro atoms. The van der Waals surface area contributed by atoms with Gasteiger partial charge in [-0.25, -0.2) is 4.98 Å². The fourth-order valence-electron chi connectivity index (χ4n) is 2.31. The molecule has 6 nitrogen and oxygen atoms in total. The number of H-pyrrole nitrogens is 1. The SMILES string of the molecule is CCNc1nc(NC(C)CCCC(C)C)c2[nH]cnc2n1. The Hall–Kier alpha value is -1.85. The molecule has 2 rings (SSSR count). The Balaban J connectivity index is 2.07. The van der Waals surface area contributed by atoms with Crippen molar-refractivity contribution < 1.29 is 0 Å². The van der Waals surface area contributed by atoms with Gasteiger partial charge >= 0.3 is 0 Å². The van der Waals surface area contributed by atoms with Gasteiger partial charge in [-0.1, -0.05) is 26.7 Å². The third kappa shape index (κ3) is 4.31. The summed E-state index contributed by atoms with van der Waals surface area (Å²) in [7, 11) is 0. The number of imidazole rings is 1. The van der Waals surface area contributed by atoms with Crippen molar-refractivity contribution in [2.75, 3.05) is 17.2 Å². The van der Waals surface area contributed by atoms with E-state index in [0.29, 0.717) is 17.6 Å². The highest BCUT2D eigenvalue weighted by molar-refractivity contribution is 5.83. The molecule has 0 aliphatic heterocycles. The summed E-state index contributed by atoms with van der Waals surface area (Å²) in [5.74, 6) is 2.20. The summed E-state index contributed by atoms with van der Waals surface area (Å²) in [6.45, 7) is 9.54. The van der Waals surface area contributed by atoms with Gasteiger partial charge in [0.05, 0.1) is 6.33 Å². The Morgan fingerprint density at radius 1 is 1.19 bits per heavy atom. The molecule has 0 radical (unpaired) electrons. The van der Waals surface area contributed by atoms with Crippen molar-refractivity contribution in [3.05, 3.63) is 6.33 Å². The molecule has 1 unspecified atom stereocenters. The van der Waals surface area contributed by atoms with Crippen LogP contribution in [0.25, 0.3) is 11.2 Å². The average molecular weight is 290 g/mol. The molecule has 2 heterocycles. The van der Waals surface area contributed by atoms with Crippen LogP contribution in [-0.2, 0) is 0 Å². The van der Waals surface area contributed by atoms with Crippen LogP contribution in [0.2, 0.25) is 0 Å². The van der Waals surface area contributed by atoms with Crippen LogP contribution in [0.15, 0.2) is 6.33 Å². The van der Waals surface area contributed by atoms with Gasteiger partial charge in [0.2, 0.25) is 5.95 Å². The van der Waals surface area contributed by atoms with Crippen LogP contribution in [0.4, 0.5) is 11.8 Å². The molecule has 3 N–H and O–H groups in total. The van der Waals surface area contributed by atoms with Crippen LogP contribution in [0.5, 0.6) is 0 Å². The van der Waals surface area contributed by atoms with Crippen molar-refractivity contribution in [1.82, 2.24) is 19.9 Å². The zero-order valence-electron chi connectivity index (χ0n) is 13.4. The van der Waals surface area contributed by atoms with Gasteiger partial charge in [0.15, 0.2) is 11.5 Å². The van der Waals surface area contributed by atoms with Crippen molar-refractivity contribution in [1.29, 1.82) is 0 Å². The number of aromatic nitrogens is 4. The van der Waals surface area contributed by atoms with E-state index in [0.717, 1.165) is 30.2 Å². The highest BCUT2D eigenvalue weighted by Gasteiger charge is 2.12. The second-order valence-corrected chi connectivity index (χ2v) is 5.90. The van der Waals surface area contributed by atoms with Crippen LogP contribution in [-0.4, -0.2) is 32.5 Å². The lowest BCUT2D eigenvalue weighted by Crippen LogP contribution is -2.17. The first-order valence-electron chi connectivity index (χ1n) is 7.81. The van der Waals surface area contributed by atoms with Crippen LogP contribution >= 0.6 is 0 Å². The van der Waals surface area contributed by atoms with Crippen LogP contribution < -0.4 is 10.6 Å². The standard InChI is InChI=1S/C15H26N6/c1-5-16-15-20-13-12(17-9-18-13)14(21-15)19-11(4)8-6-7-10(2)3/h9-11H,5-8H2,1-4H3,(H3,16,17,18,19,20,21). The Kier molecular flexibility index (Phi) is 5.36. The third-order valence-corrected chi connectivity index (χ3v) is 3.42. The lowest BCUT2D eigenvalue weighted by molar-refractivity contribution is 0.520. The van der Waals surface area contributed by atoms with Crippen LogP contribution in [0, 0.1) is 5.92 Å². The second kappa shape index (κ2) is 7.24. The Morgan fingerprint density at radius 2 is 2.00 bits per heavy atom. The molecular formula is C15H26N6. The first-order chi connectivity index (χ1) is 10.1. The number of fused-ring (bicyclic) bond motifs is 1. The molecule has 2 aromatic rings. The van der Waals surface area contributed by atoms with Gasteiger partial charge in [0.25, 0.3) is 0 Å². The zero-order chi connectivity index (χ0) is 15.2. The van der Waals surface area contributed by atoms with E-state index in [1.165, 1.54) is 12.8 Å². The Bertz CT molecular complexity index is 562. The molecule has 0 saturated heterocycles. The summed E-state index contributed by atoms with van der Waals surface area (Å²) in [4.78, 5) is 16.3. The number of nitrogens with one attached hydrogen (secondary N) is 3. The fourth-order valence-corrected chi connectivity index (χ4v) is 2.31. The lowest BCUT2D eigenvalue weighted by atomic mass is 10.0. The van der Waals surface area contributed by atoms with Crippen molar-refractivity contribution >= 4 is 22.9 Å². The maximum atomic E-state index is 4.54. The van der Waals surface area contributed by atoms with Gasteiger partial charge in [-0.15, -0.1) is 0 Å². The number of anilines is 2. The van der Waals surface area contributed by atoms with E-state index in [4.69, 9.17) is 0 Å². The number of hydrogen-bond acceptors (Lipinski definition) is 5. The third-order valence-electron chi connectivity index (χ3n) is 3.42. The van der Waals surface area contributed by atoms with E-state index in [-0.39, 0.29) is 0 Å². The monoisotopic (exact) mass is 290 g/mol. The van der Waals surface area contributed by atoms with Crippen LogP contribution in [0.1, 0.15) is 47.0 Å². The van der Waals surface area contributed by atoms with E-state index in [9.17, 15) is 0 Å². The second-order valence-electron chi connectivity index (χ2n) is 5.90. The molecule has 6 heteroatoms. The van der Waals surface area contributed by atoms with E-state index in [2.05, 4.69) is 51.3 Å². The van der Waals surface area contributed by atoms with Gasteiger partial charge in [-0.2, -0.15) is 9.97 Å². The van der Waals surface area contributed by atoms with E-state index in [1.54, 1.807) is 6.33 Å². The molecule has 0 aliphatic rings. The first-order valence-corrected chi connectivity index (χ1v) is 7.81. The maximum Gasteiger partial charge on any atom is 0.226 e. The van der Waals surface area contributed by atoms with Crippen molar-refractivity contribution in [2.45, 2.75) is 53.0 Å². The molecule has 2 aromatic heterocycles. The maximum absolute atomic E-state index is 4.54. The van der Waals surface area contributed by atoms with E-state index < -0.39 is 0 Å². The Labute approximate surface area is 126 Å².